The van der Waals surface area contributed by atoms with Crippen LogP contribution in [-0.4, -0.2) is 54.7 Å². The normalized spacial score (nSPS) is 24.0. The number of alkyl carbamates (subject to hydrolysis) is 1. The zero-order chi connectivity index (χ0) is 15.8. The molecule has 0 aromatic rings. The van der Waals surface area contributed by atoms with E-state index in [2.05, 4.69) is 20.7 Å². The zero-order valence-corrected chi connectivity index (χ0v) is 11.7. The van der Waals surface area contributed by atoms with Crippen LogP contribution in [0.5, 0.6) is 0 Å². The lowest BCUT2D eigenvalue weighted by Gasteiger charge is -2.20. The number of carboxylic acid groups (broad SMARTS) is 1. The van der Waals surface area contributed by atoms with Crippen molar-refractivity contribution in [1.82, 2.24) is 16.0 Å². The molecule has 1 fully saturated rings. The molecule has 9 heteroatoms. The molecule has 3 amide bonds. The smallest absolute Gasteiger partial charge is 0.407 e. The summed E-state index contributed by atoms with van der Waals surface area (Å²) in [6.45, 7) is 0.341. The highest BCUT2D eigenvalue weighted by Crippen LogP contribution is 2.04. The van der Waals surface area contributed by atoms with E-state index >= 15 is 0 Å². The number of carbonyl (C=O) groups is 4. The lowest BCUT2D eigenvalue weighted by molar-refractivity contribution is -0.142. The van der Waals surface area contributed by atoms with Crippen LogP contribution in [-0.2, 0) is 19.1 Å². The molecule has 1 aliphatic rings. The summed E-state index contributed by atoms with van der Waals surface area (Å²) in [7, 11) is 1.14. The summed E-state index contributed by atoms with van der Waals surface area (Å²) in [5.74, 6) is -2.07. The predicted molar refractivity (Wildman–Crippen MR) is 70.4 cm³/mol. The van der Waals surface area contributed by atoms with Gasteiger partial charge in [0.15, 0.2) is 0 Å². The molecule has 0 radical (unpaired) electrons. The number of hydrogen-bond acceptors (Lipinski definition) is 5. The van der Waals surface area contributed by atoms with Gasteiger partial charge >= 0.3 is 12.1 Å². The van der Waals surface area contributed by atoms with Crippen LogP contribution in [0.25, 0.3) is 0 Å². The minimum absolute atomic E-state index is 0.0415. The molecule has 2 atom stereocenters. The maximum atomic E-state index is 12.0. The number of hydrogen-bond donors (Lipinski definition) is 4. The molecule has 1 rings (SSSR count). The molecule has 0 aromatic carbocycles. The predicted octanol–water partition coefficient (Wildman–Crippen LogP) is -1.03. The summed E-state index contributed by atoms with van der Waals surface area (Å²) in [6, 6.07) is -2.09. The summed E-state index contributed by atoms with van der Waals surface area (Å²) in [5, 5.41) is 16.3. The third-order valence-electron chi connectivity index (χ3n) is 3.06. The van der Waals surface area contributed by atoms with Gasteiger partial charge in [0.2, 0.25) is 11.8 Å². The summed E-state index contributed by atoms with van der Waals surface area (Å²) in [4.78, 5) is 45.9. The lowest BCUT2D eigenvalue weighted by Crippen LogP contribution is -2.51. The Morgan fingerprint density at radius 1 is 1.33 bits per heavy atom. The first-order valence-electron chi connectivity index (χ1n) is 6.58. The quantitative estimate of drug-likeness (QED) is 0.515. The van der Waals surface area contributed by atoms with Crippen LogP contribution >= 0.6 is 0 Å². The Balaban J connectivity index is 2.82. The molecule has 0 aromatic heterocycles. The van der Waals surface area contributed by atoms with Gasteiger partial charge in [0.1, 0.15) is 12.1 Å². The van der Waals surface area contributed by atoms with Crippen molar-refractivity contribution in [2.75, 3.05) is 13.7 Å². The van der Waals surface area contributed by atoms with E-state index in [-0.39, 0.29) is 25.2 Å². The fourth-order valence-electron chi connectivity index (χ4n) is 1.90. The van der Waals surface area contributed by atoms with E-state index in [1.54, 1.807) is 0 Å². The van der Waals surface area contributed by atoms with Crippen LogP contribution in [0.3, 0.4) is 0 Å². The van der Waals surface area contributed by atoms with Gasteiger partial charge in [0.25, 0.3) is 0 Å². The maximum Gasteiger partial charge on any atom is 0.407 e. The topological polar surface area (TPSA) is 134 Å². The second kappa shape index (κ2) is 8.08. The number of carbonyl (C=O) groups excluding carboxylic acids is 3. The van der Waals surface area contributed by atoms with E-state index in [4.69, 9.17) is 5.11 Å². The monoisotopic (exact) mass is 301 g/mol. The summed E-state index contributed by atoms with van der Waals surface area (Å²) < 4.78 is 4.41. The minimum atomic E-state index is -1.16. The van der Waals surface area contributed by atoms with Crippen molar-refractivity contribution < 1.29 is 29.0 Å². The number of ether oxygens (including phenoxy) is 1. The van der Waals surface area contributed by atoms with Crippen LogP contribution in [0.1, 0.15) is 25.7 Å². The lowest BCUT2D eigenvalue weighted by atomic mass is 10.1. The molecule has 118 valence electrons. The Morgan fingerprint density at radius 3 is 2.67 bits per heavy atom. The largest absolute Gasteiger partial charge is 0.480 e. The maximum absolute atomic E-state index is 12.0. The number of rotatable bonds is 2. The van der Waals surface area contributed by atoms with Crippen molar-refractivity contribution in [3.05, 3.63) is 0 Å². The molecular formula is C12H19N3O6. The Kier molecular flexibility index (Phi) is 6.44. The van der Waals surface area contributed by atoms with Gasteiger partial charge in [0.05, 0.1) is 7.11 Å². The van der Waals surface area contributed by atoms with Gasteiger partial charge in [-0.15, -0.1) is 0 Å². The van der Waals surface area contributed by atoms with E-state index in [0.717, 1.165) is 7.11 Å². The standard InChI is InChI=1S/C12H19N3O6/c1-21-12(20)15-7-4-5-9(16)13-6-2-3-8(11(18)19)14-10(7)17/h7-8H,2-6H2,1H3,(H,13,16)(H,14,17)(H,15,20)(H,18,19)/t7-,8-/m0/s1. The van der Waals surface area contributed by atoms with Crippen LogP contribution in [0.2, 0.25) is 0 Å². The molecule has 9 nitrogen and oxygen atoms in total. The first-order chi connectivity index (χ1) is 9.93. The van der Waals surface area contributed by atoms with Gasteiger partial charge in [-0.3, -0.25) is 9.59 Å². The highest BCUT2D eigenvalue weighted by atomic mass is 16.5. The van der Waals surface area contributed by atoms with Crippen molar-refractivity contribution in [3.8, 4) is 0 Å². The Morgan fingerprint density at radius 2 is 2.05 bits per heavy atom. The van der Waals surface area contributed by atoms with Gasteiger partial charge in [0, 0.05) is 13.0 Å². The van der Waals surface area contributed by atoms with Crippen LogP contribution in [0.4, 0.5) is 4.79 Å². The fourth-order valence-corrected chi connectivity index (χ4v) is 1.90. The van der Waals surface area contributed by atoms with E-state index < -0.39 is 30.1 Å². The first kappa shape index (κ1) is 16.7. The van der Waals surface area contributed by atoms with Crippen molar-refractivity contribution in [1.29, 1.82) is 0 Å². The van der Waals surface area contributed by atoms with Crippen molar-refractivity contribution in [2.45, 2.75) is 37.8 Å². The third kappa shape index (κ3) is 5.67. The molecule has 0 unspecified atom stereocenters. The van der Waals surface area contributed by atoms with Gasteiger partial charge in [-0.1, -0.05) is 0 Å². The first-order valence-corrected chi connectivity index (χ1v) is 6.58. The van der Waals surface area contributed by atoms with Crippen LogP contribution < -0.4 is 16.0 Å². The summed E-state index contributed by atoms with van der Waals surface area (Å²) in [5.41, 5.74) is 0. The van der Waals surface area contributed by atoms with Crippen molar-refractivity contribution in [3.63, 3.8) is 0 Å². The number of nitrogens with one attached hydrogen (secondary N) is 3. The molecule has 0 bridgehead atoms. The van der Waals surface area contributed by atoms with Gasteiger partial charge in [-0.05, 0) is 19.3 Å². The van der Waals surface area contributed by atoms with Crippen molar-refractivity contribution in [2.24, 2.45) is 0 Å². The molecule has 4 N–H and O–H groups in total. The highest BCUT2D eigenvalue weighted by molar-refractivity contribution is 5.89. The SMILES string of the molecule is COC(=O)N[C@H]1CCC(=O)NCCC[C@@H](C(=O)O)NC1=O. The van der Waals surface area contributed by atoms with E-state index in [0.29, 0.717) is 13.0 Å². The Hall–Kier alpha value is -2.32. The average molecular weight is 301 g/mol. The fraction of sp³-hybridized carbons (Fsp3) is 0.667. The molecule has 1 heterocycles. The average Bonchev–Trinajstić information content (AvgIpc) is 2.47. The van der Waals surface area contributed by atoms with Crippen molar-refractivity contribution >= 4 is 23.9 Å². The summed E-state index contributed by atoms with van der Waals surface area (Å²) in [6.07, 6.45) is -0.110. The van der Waals surface area contributed by atoms with Crippen LogP contribution in [0.15, 0.2) is 0 Å². The second-order valence-corrected chi connectivity index (χ2v) is 4.62. The van der Waals surface area contributed by atoms with Gasteiger partial charge in [-0.25, -0.2) is 9.59 Å². The number of methoxy groups -OCH3 is 1. The molecule has 0 saturated carbocycles. The molecule has 0 spiro atoms. The van der Waals surface area contributed by atoms with Gasteiger partial charge in [-0.2, -0.15) is 0 Å². The minimum Gasteiger partial charge on any atom is -0.480 e. The zero-order valence-electron chi connectivity index (χ0n) is 11.7. The molecular weight excluding hydrogens is 282 g/mol. The Bertz CT molecular complexity index is 425. The number of aliphatic carboxylic acids is 1. The molecule has 1 saturated heterocycles. The van der Waals surface area contributed by atoms with Crippen LogP contribution in [0, 0.1) is 0 Å². The van der Waals surface area contributed by atoms with Gasteiger partial charge < -0.3 is 25.8 Å². The Labute approximate surface area is 121 Å². The number of carboxylic acids is 1. The van der Waals surface area contributed by atoms with E-state index in [1.807, 2.05) is 0 Å². The third-order valence-corrected chi connectivity index (χ3v) is 3.06. The number of amides is 3. The summed E-state index contributed by atoms with van der Waals surface area (Å²) >= 11 is 0. The highest BCUT2D eigenvalue weighted by Gasteiger charge is 2.27. The van der Waals surface area contributed by atoms with E-state index in [9.17, 15) is 19.2 Å². The van der Waals surface area contributed by atoms with E-state index in [1.165, 1.54) is 0 Å². The molecule has 0 aliphatic carbocycles. The molecule has 1 aliphatic heterocycles. The molecule has 21 heavy (non-hydrogen) atoms. The second-order valence-electron chi connectivity index (χ2n) is 4.62.